The molecular weight excluding hydrogens is 310 g/mol. The lowest BCUT2D eigenvalue weighted by molar-refractivity contribution is 0.548. The van der Waals surface area contributed by atoms with Crippen LogP contribution in [-0.4, -0.2) is 44.5 Å². The number of anilines is 1. The molecule has 118 valence electrons. The van der Waals surface area contributed by atoms with Crippen molar-refractivity contribution in [3.8, 4) is 0 Å². The smallest absolute Gasteiger partial charge is 0.153 e. The average Bonchev–Trinajstić information content (AvgIpc) is 2.41. The second-order valence-electron chi connectivity index (χ2n) is 5.76. The highest BCUT2D eigenvalue weighted by Gasteiger charge is 2.22. The Morgan fingerprint density at radius 1 is 1.33 bits per heavy atom. The number of pyridine rings is 1. The molecule has 0 spiro atoms. The number of hydrogen-bond acceptors (Lipinski definition) is 5. The van der Waals surface area contributed by atoms with Gasteiger partial charge in [0.2, 0.25) is 0 Å². The molecule has 0 aromatic carbocycles. The van der Waals surface area contributed by atoms with Crippen LogP contribution in [0.25, 0.3) is 0 Å². The van der Waals surface area contributed by atoms with Crippen LogP contribution in [-0.2, 0) is 16.4 Å². The van der Waals surface area contributed by atoms with Crippen molar-refractivity contribution in [1.29, 1.82) is 0 Å². The predicted octanol–water partition coefficient (Wildman–Crippen LogP) is 1.72. The van der Waals surface area contributed by atoms with Crippen LogP contribution in [0.4, 0.5) is 5.82 Å². The van der Waals surface area contributed by atoms with E-state index < -0.39 is 9.84 Å². The lowest BCUT2D eigenvalue weighted by Crippen LogP contribution is -2.40. The molecule has 2 heterocycles. The summed E-state index contributed by atoms with van der Waals surface area (Å²) >= 11 is 6.18. The van der Waals surface area contributed by atoms with Crippen LogP contribution in [0, 0.1) is 5.92 Å². The van der Waals surface area contributed by atoms with Crippen molar-refractivity contribution < 1.29 is 8.42 Å². The van der Waals surface area contributed by atoms with E-state index in [9.17, 15) is 8.42 Å². The fraction of sp³-hybridized carbons (Fsp3) is 0.643. The van der Waals surface area contributed by atoms with E-state index >= 15 is 0 Å². The van der Waals surface area contributed by atoms with E-state index in [2.05, 4.69) is 24.1 Å². The van der Waals surface area contributed by atoms with Crippen molar-refractivity contribution in [3.05, 3.63) is 22.8 Å². The van der Waals surface area contributed by atoms with Crippen LogP contribution >= 0.6 is 11.6 Å². The molecule has 0 saturated carbocycles. The summed E-state index contributed by atoms with van der Waals surface area (Å²) in [4.78, 5) is 6.58. The number of nitrogens with one attached hydrogen (secondary N) is 1. The molecule has 1 N–H and O–H groups in total. The second kappa shape index (κ2) is 6.94. The Balaban J connectivity index is 2.04. The fourth-order valence-corrected chi connectivity index (χ4v) is 3.57. The van der Waals surface area contributed by atoms with Crippen LogP contribution in [0.2, 0.25) is 5.02 Å². The van der Waals surface area contributed by atoms with Crippen molar-refractivity contribution in [3.63, 3.8) is 0 Å². The Kier molecular flexibility index (Phi) is 5.46. The van der Waals surface area contributed by atoms with E-state index in [0.29, 0.717) is 30.6 Å². The molecule has 1 aromatic rings. The minimum Gasteiger partial charge on any atom is -0.355 e. The third kappa shape index (κ3) is 4.83. The summed E-state index contributed by atoms with van der Waals surface area (Å²) in [6.07, 6.45) is 0. The maximum absolute atomic E-state index is 11.5. The molecule has 1 aromatic heterocycles. The molecule has 1 fully saturated rings. The zero-order chi connectivity index (χ0) is 15.5. The standard InChI is InChI=1S/C14H22ClN3O2S/c1-11(2)9-16-10-13-12(15)3-4-14(17-13)18-5-7-21(19,20)8-6-18/h3-4,11,16H,5-10H2,1-2H3. The van der Waals surface area contributed by atoms with Crippen LogP contribution < -0.4 is 10.2 Å². The van der Waals surface area contributed by atoms with Gasteiger partial charge in [-0.25, -0.2) is 13.4 Å². The van der Waals surface area contributed by atoms with Crippen molar-refractivity contribution >= 4 is 27.3 Å². The van der Waals surface area contributed by atoms with Crippen LogP contribution in [0.5, 0.6) is 0 Å². The Morgan fingerprint density at radius 3 is 2.62 bits per heavy atom. The molecule has 1 aliphatic heterocycles. The van der Waals surface area contributed by atoms with Crippen molar-refractivity contribution in [2.24, 2.45) is 5.92 Å². The number of nitrogens with zero attached hydrogens (tertiary/aromatic N) is 2. The van der Waals surface area contributed by atoms with Gasteiger partial charge < -0.3 is 10.2 Å². The summed E-state index contributed by atoms with van der Waals surface area (Å²) in [7, 11) is -2.87. The van der Waals surface area contributed by atoms with Crippen LogP contribution in [0.1, 0.15) is 19.5 Å². The molecule has 1 saturated heterocycles. The molecule has 21 heavy (non-hydrogen) atoms. The molecule has 0 atom stereocenters. The largest absolute Gasteiger partial charge is 0.355 e. The van der Waals surface area contributed by atoms with Crippen molar-refractivity contribution in [2.45, 2.75) is 20.4 Å². The third-order valence-electron chi connectivity index (χ3n) is 3.42. The Labute approximate surface area is 131 Å². The number of rotatable bonds is 5. The third-order valence-corrected chi connectivity index (χ3v) is 5.37. The molecule has 0 aliphatic carbocycles. The predicted molar refractivity (Wildman–Crippen MR) is 86.7 cm³/mol. The number of sulfone groups is 1. The molecule has 7 heteroatoms. The SMILES string of the molecule is CC(C)CNCc1nc(N2CCS(=O)(=O)CC2)ccc1Cl. The maximum atomic E-state index is 11.5. The van der Waals surface area contributed by atoms with Crippen molar-refractivity contribution in [1.82, 2.24) is 10.3 Å². The van der Waals surface area contributed by atoms with Crippen molar-refractivity contribution in [2.75, 3.05) is 36.0 Å². The highest BCUT2D eigenvalue weighted by molar-refractivity contribution is 7.91. The Hall–Kier alpha value is -0.850. The van der Waals surface area contributed by atoms with E-state index in [0.717, 1.165) is 18.1 Å². The van der Waals surface area contributed by atoms with Gasteiger partial charge >= 0.3 is 0 Å². The molecule has 0 radical (unpaired) electrons. The first-order chi connectivity index (χ1) is 9.87. The monoisotopic (exact) mass is 331 g/mol. The lowest BCUT2D eigenvalue weighted by Gasteiger charge is -2.28. The first-order valence-corrected chi connectivity index (χ1v) is 9.39. The van der Waals surface area contributed by atoms with E-state index in [1.165, 1.54) is 0 Å². The quantitative estimate of drug-likeness (QED) is 0.890. The normalized spacial score (nSPS) is 18.2. The zero-order valence-corrected chi connectivity index (χ0v) is 14.0. The maximum Gasteiger partial charge on any atom is 0.153 e. The second-order valence-corrected chi connectivity index (χ2v) is 8.47. The number of halogens is 1. The minimum atomic E-state index is -2.87. The van der Waals surface area contributed by atoms with Gasteiger partial charge in [0.25, 0.3) is 0 Å². The topological polar surface area (TPSA) is 62.3 Å². The number of hydrogen-bond donors (Lipinski definition) is 1. The van der Waals surface area contributed by atoms with E-state index in [-0.39, 0.29) is 11.5 Å². The van der Waals surface area contributed by atoms with Gasteiger partial charge in [-0.1, -0.05) is 25.4 Å². The van der Waals surface area contributed by atoms with Gasteiger partial charge in [-0.05, 0) is 24.6 Å². The summed E-state index contributed by atoms with van der Waals surface area (Å²) in [6, 6.07) is 3.69. The zero-order valence-electron chi connectivity index (χ0n) is 12.5. The van der Waals surface area contributed by atoms with E-state index in [4.69, 9.17) is 11.6 Å². The first-order valence-electron chi connectivity index (χ1n) is 7.19. The number of aromatic nitrogens is 1. The summed E-state index contributed by atoms with van der Waals surface area (Å²) in [5.74, 6) is 1.76. The van der Waals surface area contributed by atoms with Gasteiger partial charge in [-0.2, -0.15) is 0 Å². The first kappa shape index (κ1) is 16.5. The molecule has 5 nitrogen and oxygen atoms in total. The van der Waals surface area contributed by atoms with Crippen LogP contribution in [0.15, 0.2) is 12.1 Å². The Morgan fingerprint density at radius 2 is 2.00 bits per heavy atom. The molecule has 2 rings (SSSR count). The molecule has 1 aliphatic rings. The summed E-state index contributed by atoms with van der Waals surface area (Å²) in [5, 5.41) is 3.96. The van der Waals surface area contributed by atoms with Gasteiger partial charge in [0.1, 0.15) is 5.82 Å². The summed E-state index contributed by atoms with van der Waals surface area (Å²) in [6.45, 7) is 6.81. The van der Waals surface area contributed by atoms with Gasteiger partial charge in [-0.3, -0.25) is 0 Å². The Bertz CT molecular complexity index is 576. The lowest BCUT2D eigenvalue weighted by atomic mass is 10.2. The van der Waals surface area contributed by atoms with Gasteiger partial charge in [0.05, 0.1) is 22.2 Å². The molecular formula is C14H22ClN3O2S. The molecule has 0 bridgehead atoms. The van der Waals surface area contributed by atoms with Gasteiger partial charge in [0, 0.05) is 19.6 Å². The van der Waals surface area contributed by atoms with E-state index in [1.807, 2.05) is 17.0 Å². The highest BCUT2D eigenvalue weighted by Crippen LogP contribution is 2.21. The highest BCUT2D eigenvalue weighted by atomic mass is 35.5. The van der Waals surface area contributed by atoms with Gasteiger partial charge in [-0.15, -0.1) is 0 Å². The summed E-state index contributed by atoms with van der Waals surface area (Å²) in [5.41, 5.74) is 0.809. The molecule has 0 unspecified atom stereocenters. The average molecular weight is 332 g/mol. The molecule has 0 amide bonds. The summed E-state index contributed by atoms with van der Waals surface area (Å²) < 4.78 is 23.0. The fourth-order valence-electron chi connectivity index (χ4n) is 2.19. The minimum absolute atomic E-state index is 0.193. The van der Waals surface area contributed by atoms with Gasteiger partial charge in [0.15, 0.2) is 9.84 Å². The van der Waals surface area contributed by atoms with Crippen LogP contribution in [0.3, 0.4) is 0 Å². The van der Waals surface area contributed by atoms with E-state index in [1.54, 1.807) is 0 Å².